The quantitative estimate of drug-likeness (QED) is 0.186. The zero-order chi connectivity index (χ0) is 37.5. The summed E-state index contributed by atoms with van der Waals surface area (Å²) in [5.41, 5.74) is 9.32. The monoisotopic (exact) mass is 764 g/mol. The molecule has 8 aromatic carbocycles. The van der Waals surface area contributed by atoms with Crippen LogP contribution in [0, 0.1) is 0 Å². The van der Waals surface area contributed by atoms with Crippen LogP contribution < -0.4 is 5.32 Å². The van der Waals surface area contributed by atoms with E-state index < -0.39 is 0 Å². The molecule has 0 aliphatic carbocycles. The van der Waals surface area contributed by atoms with Gasteiger partial charge in [-0.3, -0.25) is 0 Å². The van der Waals surface area contributed by atoms with Gasteiger partial charge >= 0.3 is 0 Å². The van der Waals surface area contributed by atoms with Crippen LogP contribution in [0.25, 0.3) is 79.0 Å². The average molecular weight is 765 g/mol. The van der Waals surface area contributed by atoms with Crippen LogP contribution in [-0.2, 0) is 0 Å². The second-order valence-corrected chi connectivity index (χ2v) is 16.6. The zero-order valence-electron chi connectivity index (χ0n) is 30.6. The fourth-order valence-electron chi connectivity index (χ4n) is 8.65. The Hall–Kier alpha value is -6.86. The van der Waals surface area contributed by atoms with Crippen molar-refractivity contribution in [1.29, 1.82) is 0 Å². The van der Waals surface area contributed by atoms with Gasteiger partial charge in [-0.1, -0.05) is 146 Å². The van der Waals surface area contributed by atoms with Gasteiger partial charge in [-0.05, 0) is 53.1 Å². The molecule has 268 valence electrons. The molecule has 4 nitrogen and oxygen atoms in total. The van der Waals surface area contributed by atoms with Crippen LogP contribution in [0.5, 0.6) is 0 Å². The molecule has 0 fully saturated rings. The lowest BCUT2D eigenvalue weighted by Gasteiger charge is -2.23. The number of aliphatic imine (C=N–C) groups is 2. The lowest BCUT2D eigenvalue weighted by atomic mass is 10.00. The Morgan fingerprint density at radius 1 is 0.456 bits per heavy atom. The van der Waals surface area contributed by atoms with Crippen molar-refractivity contribution in [3.05, 3.63) is 199 Å². The second kappa shape index (κ2) is 12.8. The number of thiophene rings is 2. The molecule has 12 rings (SSSR count). The van der Waals surface area contributed by atoms with Crippen molar-refractivity contribution < 1.29 is 0 Å². The van der Waals surface area contributed by atoms with Gasteiger partial charge in [-0.15, -0.1) is 22.7 Å². The highest BCUT2D eigenvalue weighted by Gasteiger charge is 2.24. The molecule has 0 spiro atoms. The minimum atomic E-state index is -0.253. The molecule has 4 heterocycles. The van der Waals surface area contributed by atoms with Gasteiger partial charge < -0.3 is 9.88 Å². The van der Waals surface area contributed by atoms with E-state index in [1.807, 2.05) is 34.8 Å². The van der Waals surface area contributed by atoms with Gasteiger partial charge in [0.2, 0.25) is 0 Å². The molecule has 1 aliphatic heterocycles. The molecule has 1 atom stereocenters. The molecule has 0 amide bonds. The summed E-state index contributed by atoms with van der Waals surface area (Å²) in [5.74, 6) is 1.57. The van der Waals surface area contributed by atoms with Gasteiger partial charge in [0, 0.05) is 57.5 Å². The van der Waals surface area contributed by atoms with Gasteiger partial charge in [-0.25, -0.2) is 9.98 Å². The van der Waals surface area contributed by atoms with E-state index in [4.69, 9.17) is 9.98 Å². The largest absolute Gasteiger partial charge is 0.344 e. The van der Waals surface area contributed by atoms with Crippen molar-refractivity contribution in [2.45, 2.75) is 6.17 Å². The third kappa shape index (κ3) is 5.11. The van der Waals surface area contributed by atoms with E-state index in [0.29, 0.717) is 0 Å². The molecule has 11 aromatic rings. The number of para-hydroxylation sites is 2. The summed E-state index contributed by atoms with van der Waals surface area (Å²) in [5, 5.41) is 11.2. The summed E-state index contributed by atoms with van der Waals surface area (Å²) in [6.45, 7) is 0. The number of hydrogen-bond donors (Lipinski definition) is 1. The van der Waals surface area contributed by atoms with Gasteiger partial charge in [0.25, 0.3) is 0 Å². The van der Waals surface area contributed by atoms with Gasteiger partial charge in [0.1, 0.15) is 12.0 Å². The zero-order valence-corrected chi connectivity index (χ0v) is 32.2. The molecule has 0 saturated heterocycles. The Kier molecular flexibility index (Phi) is 7.30. The highest BCUT2D eigenvalue weighted by atomic mass is 32.1. The van der Waals surface area contributed by atoms with Crippen LogP contribution in [-0.4, -0.2) is 16.2 Å². The summed E-state index contributed by atoms with van der Waals surface area (Å²) in [7, 11) is 0. The number of nitrogens with zero attached hydrogens (tertiary/aromatic N) is 3. The van der Waals surface area contributed by atoms with Crippen molar-refractivity contribution in [2.75, 3.05) is 0 Å². The minimum absolute atomic E-state index is 0.253. The van der Waals surface area contributed by atoms with E-state index in [-0.39, 0.29) is 6.17 Å². The number of amidine groups is 2. The maximum Gasteiger partial charge on any atom is 0.160 e. The Bertz CT molecular complexity index is 3390. The van der Waals surface area contributed by atoms with E-state index >= 15 is 0 Å². The van der Waals surface area contributed by atoms with Crippen molar-refractivity contribution >= 4 is 96.5 Å². The fourth-order valence-corrected chi connectivity index (χ4v) is 11.2. The predicted molar refractivity (Wildman–Crippen MR) is 244 cm³/mol. The van der Waals surface area contributed by atoms with Gasteiger partial charge in [0.05, 0.1) is 21.4 Å². The summed E-state index contributed by atoms with van der Waals surface area (Å²) >= 11 is 3.72. The molecule has 0 saturated carbocycles. The molecular weight excluding hydrogens is 733 g/mol. The molecule has 57 heavy (non-hydrogen) atoms. The van der Waals surface area contributed by atoms with E-state index in [1.54, 1.807) is 0 Å². The van der Waals surface area contributed by atoms with Gasteiger partial charge in [-0.2, -0.15) is 0 Å². The van der Waals surface area contributed by atoms with Crippen LogP contribution in [0.1, 0.15) is 22.9 Å². The fraction of sp³-hybridized carbons (Fsp3) is 0.0196. The minimum Gasteiger partial charge on any atom is -0.344 e. The Morgan fingerprint density at radius 2 is 1.05 bits per heavy atom. The van der Waals surface area contributed by atoms with Crippen LogP contribution in [0.15, 0.2) is 192 Å². The molecule has 3 aromatic heterocycles. The standard InChI is InChI=1S/C51H32N4S2/c1-3-14-31(15-4-1)49-52-50(32-16-5-2-6-17-32)54-51(53-49)40-24-12-22-38-37-21-11-20-34(46(37)57-47(38)40)33-28-29-45-41(30-33)39-23-13-27-44(48(39)56-45)55-42-25-9-7-18-35(42)36-19-8-10-26-43(36)55/h1-30,49H,(H,52,53,54). The first-order chi connectivity index (χ1) is 28.3. The topological polar surface area (TPSA) is 41.7 Å². The molecule has 6 heteroatoms. The molecule has 1 unspecified atom stereocenters. The van der Waals surface area contributed by atoms with E-state index in [9.17, 15) is 0 Å². The predicted octanol–water partition coefficient (Wildman–Crippen LogP) is 13.7. The number of fused-ring (bicyclic) bond motifs is 9. The normalized spacial score (nSPS) is 14.5. The first kappa shape index (κ1) is 32.4. The Morgan fingerprint density at radius 3 is 1.79 bits per heavy atom. The molecular formula is C51H32N4S2. The van der Waals surface area contributed by atoms with Crippen LogP contribution in [0.3, 0.4) is 0 Å². The number of nitrogens with one attached hydrogen (secondary N) is 1. The third-order valence-corrected chi connectivity index (χ3v) is 13.8. The van der Waals surface area contributed by atoms with Crippen molar-refractivity contribution in [3.63, 3.8) is 0 Å². The Balaban J connectivity index is 1.01. The average Bonchev–Trinajstić information content (AvgIpc) is 3.96. The molecule has 0 radical (unpaired) electrons. The maximum atomic E-state index is 5.24. The van der Waals surface area contributed by atoms with Crippen LogP contribution in [0.4, 0.5) is 0 Å². The second-order valence-electron chi connectivity index (χ2n) is 14.5. The van der Waals surface area contributed by atoms with E-state index in [2.05, 4.69) is 180 Å². The highest BCUT2D eigenvalue weighted by molar-refractivity contribution is 7.27. The molecule has 1 N–H and O–H groups in total. The lowest BCUT2D eigenvalue weighted by Crippen LogP contribution is -2.33. The summed E-state index contributed by atoms with van der Waals surface area (Å²) in [4.78, 5) is 10.4. The first-order valence-electron chi connectivity index (χ1n) is 19.2. The van der Waals surface area contributed by atoms with Gasteiger partial charge in [0.15, 0.2) is 5.84 Å². The SMILES string of the molecule is c1ccc(C2=NC(c3cccc4c3sc3c(-c5ccc6sc7c(-n8c9ccccc9c9ccccc98)cccc7c6c5)cccc34)=NC(c3ccccc3)N2)cc1. The smallest absolute Gasteiger partial charge is 0.160 e. The highest BCUT2D eigenvalue weighted by Crippen LogP contribution is 2.45. The molecule has 0 bridgehead atoms. The summed E-state index contributed by atoms with van der Waals surface area (Å²) < 4.78 is 7.50. The summed E-state index contributed by atoms with van der Waals surface area (Å²) in [6, 6.07) is 65.4. The van der Waals surface area contributed by atoms with Crippen molar-refractivity contribution in [1.82, 2.24) is 9.88 Å². The molecule has 1 aliphatic rings. The number of aromatic nitrogens is 1. The van der Waals surface area contributed by atoms with Crippen molar-refractivity contribution in [2.24, 2.45) is 9.98 Å². The summed E-state index contributed by atoms with van der Waals surface area (Å²) in [6.07, 6.45) is -0.253. The maximum absolute atomic E-state index is 5.24. The van der Waals surface area contributed by atoms with Crippen LogP contribution >= 0.6 is 22.7 Å². The van der Waals surface area contributed by atoms with Crippen molar-refractivity contribution in [3.8, 4) is 16.8 Å². The van der Waals surface area contributed by atoms with E-state index in [1.165, 1.54) is 79.0 Å². The van der Waals surface area contributed by atoms with Crippen LogP contribution in [0.2, 0.25) is 0 Å². The number of rotatable bonds is 5. The third-order valence-electron chi connectivity index (χ3n) is 11.3. The number of hydrogen-bond acceptors (Lipinski definition) is 5. The Labute approximate surface area is 336 Å². The number of benzene rings is 8. The van der Waals surface area contributed by atoms with E-state index in [0.717, 1.165) is 28.4 Å². The lowest BCUT2D eigenvalue weighted by molar-refractivity contribution is 0.674. The first-order valence-corrected chi connectivity index (χ1v) is 20.8.